The molecule has 0 aliphatic rings. The molecule has 0 saturated carbocycles. The van der Waals surface area contributed by atoms with Gasteiger partial charge >= 0.3 is 0 Å². The first-order valence-corrected chi connectivity index (χ1v) is 7.32. The van der Waals surface area contributed by atoms with Crippen LogP contribution < -0.4 is 10.1 Å². The minimum atomic E-state index is -0.323. The molecule has 0 spiro atoms. The summed E-state index contributed by atoms with van der Waals surface area (Å²) in [5.74, 6) is 0.511. The van der Waals surface area contributed by atoms with Gasteiger partial charge in [-0.25, -0.2) is 4.39 Å². The molecule has 3 nitrogen and oxygen atoms in total. The zero-order valence-electron chi connectivity index (χ0n) is 12.5. The van der Waals surface area contributed by atoms with Crippen molar-refractivity contribution in [1.29, 1.82) is 0 Å². The van der Waals surface area contributed by atoms with Crippen LogP contribution in [0.25, 0.3) is 0 Å². The first-order chi connectivity index (χ1) is 10.2. The van der Waals surface area contributed by atoms with E-state index in [2.05, 4.69) is 17.2 Å². The number of hydrogen-bond acceptors (Lipinski definition) is 3. The third-order valence-electron chi connectivity index (χ3n) is 3.15. The van der Waals surface area contributed by atoms with Gasteiger partial charge in [-0.15, -0.1) is 0 Å². The Kier molecular flexibility index (Phi) is 5.69. The highest BCUT2D eigenvalue weighted by atomic mass is 19.1. The third-order valence-corrected chi connectivity index (χ3v) is 3.15. The van der Waals surface area contributed by atoms with E-state index in [0.29, 0.717) is 6.61 Å². The molecule has 4 heteroatoms. The largest absolute Gasteiger partial charge is 0.494 e. The second-order valence-electron chi connectivity index (χ2n) is 4.79. The van der Waals surface area contributed by atoms with Gasteiger partial charge in [0.25, 0.3) is 0 Å². The van der Waals surface area contributed by atoms with Gasteiger partial charge in [0.1, 0.15) is 11.6 Å². The fourth-order valence-corrected chi connectivity index (χ4v) is 2.19. The van der Waals surface area contributed by atoms with Crippen molar-refractivity contribution in [1.82, 2.24) is 10.3 Å². The number of aromatic nitrogens is 1. The molecular weight excluding hydrogens is 267 g/mol. The van der Waals surface area contributed by atoms with Gasteiger partial charge in [-0.3, -0.25) is 4.98 Å². The highest BCUT2D eigenvalue weighted by Crippen LogP contribution is 2.24. The summed E-state index contributed by atoms with van der Waals surface area (Å²) in [6, 6.07) is 11.0. The van der Waals surface area contributed by atoms with Crippen molar-refractivity contribution in [3.05, 3.63) is 59.7 Å². The minimum Gasteiger partial charge on any atom is -0.494 e. The smallest absolute Gasteiger partial charge is 0.141 e. The van der Waals surface area contributed by atoms with Crippen LogP contribution in [-0.4, -0.2) is 18.1 Å². The molecule has 112 valence electrons. The van der Waals surface area contributed by atoms with Crippen LogP contribution in [-0.2, 0) is 0 Å². The van der Waals surface area contributed by atoms with Crippen LogP contribution in [0.15, 0.2) is 42.6 Å². The maximum atomic E-state index is 13.1. The molecule has 1 aromatic carbocycles. The van der Waals surface area contributed by atoms with E-state index >= 15 is 0 Å². The van der Waals surface area contributed by atoms with E-state index in [9.17, 15) is 4.39 Å². The van der Waals surface area contributed by atoms with Crippen molar-refractivity contribution in [2.45, 2.75) is 26.3 Å². The second kappa shape index (κ2) is 7.74. The fourth-order valence-electron chi connectivity index (χ4n) is 2.19. The summed E-state index contributed by atoms with van der Waals surface area (Å²) in [4.78, 5) is 4.21. The number of benzene rings is 1. The van der Waals surface area contributed by atoms with Gasteiger partial charge < -0.3 is 10.1 Å². The molecule has 1 atom stereocenters. The van der Waals surface area contributed by atoms with Gasteiger partial charge in [-0.05, 0) is 49.7 Å². The molecule has 2 rings (SSSR count). The molecule has 0 aliphatic heterocycles. The van der Waals surface area contributed by atoms with Crippen molar-refractivity contribution in [2.75, 3.05) is 13.2 Å². The van der Waals surface area contributed by atoms with Gasteiger partial charge in [0.15, 0.2) is 0 Å². The van der Waals surface area contributed by atoms with E-state index in [1.807, 2.05) is 31.2 Å². The standard InChI is InChI=1S/C17H21FN2O/c1-3-10-19-17(16-9-8-14(18)12-20-16)13-6-5-7-15(11-13)21-4-2/h5-9,11-12,17,19H,3-4,10H2,1-2H3. The number of rotatable bonds is 7. The Morgan fingerprint density at radius 3 is 2.76 bits per heavy atom. The van der Waals surface area contributed by atoms with Crippen LogP contribution in [0, 0.1) is 5.82 Å². The Bertz CT molecular complexity index is 557. The molecule has 1 unspecified atom stereocenters. The maximum Gasteiger partial charge on any atom is 0.141 e. The van der Waals surface area contributed by atoms with E-state index in [0.717, 1.165) is 30.0 Å². The van der Waals surface area contributed by atoms with Crippen LogP contribution in [0.5, 0.6) is 5.75 Å². The van der Waals surface area contributed by atoms with Crippen molar-refractivity contribution in [3.8, 4) is 5.75 Å². The van der Waals surface area contributed by atoms with Gasteiger partial charge in [0.2, 0.25) is 0 Å². The lowest BCUT2D eigenvalue weighted by molar-refractivity contribution is 0.339. The van der Waals surface area contributed by atoms with Gasteiger partial charge in [-0.2, -0.15) is 0 Å². The molecule has 0 radical (unpaired) electrons. The monoisotopic (exact) mass is 288 g/mol. The Hall–Kier alpha value is -1.94. The quantitative estimate of drug-likeness (QED) is 0.843. The van der Waals surface area contributed by atoms with Crippen LogP contribution in [0.2, 0.25) is 0 Å². The van der Waals surface area contributed by atoms with Crippen LogP contribution in [0.4, 0.5) is 4.39 Å². The minimum absolute atomic E-state index is 0.0639. The molecule has 0 amide bonds. The summed E-state index contributed by atoms with van der Waals surface area (Å²) >= 11 is 0. The summed E-state index contributed by atoms with van der Waals surface area (Å²) in [6.07, 6.45) is 2.27. The molecule has 1 N–H and O–H groups in total. The number of ether oxygens (including phenoxy) is 1. The van der Waals surface area contributed by atoms with E-state index in [1.54, 1.807) is 6.07 Å². The van der Waals surface area contributed by atoms with E-state index in [4.69, 9.17) is 4.74 Å². The third kappa shape index (κ3) is 4.26. The highest BCUT2D eigenvalue weighted by molar-refractivity contribution is 5.34. The Labute approximate surface area is 125 Å². The number of halogens is 1. The zero-order valence-corrected chi connectivity index (χ0v) is 12.5. The number of hydrogen-bond donors (Lipinski definition) is 1. The fraction of sp³-hybridized carbons (Fsp3) is 0.353. The Balaban J connectivity index is 2.30. The van der Waals surface area contributed by atoms with Crippen molar-refractivity contribution >= 4 is 0 Å². The first kappa shape index (κ1) is 15.4. The summed E-state index contributed by atoms with van der Waals surface area (Å²) in [7, 11) is 0. The summed E-state index contributed by atoms with van der Waals surface area (Å²) < 4.78 is 18.6. The highest BCUT2D eigenvalue weighted by Gasteiger charge is 2.15. The molecular formula is C17H21FN2O. The van der Waals surface area contributed by atoms with Crippen molar-refractivity contribution in [3.63, 3.8) is 0 Å². The van der Waals surface area contributed by atoms with Gasteiger partial charge in [-0.1, -0.05) is 19.1 Å². The molecule has 0 saturated heterocycles. The SMILES string of the molecule is CCCNC(c1cccc(OCC)c1)c1ccc(F)cn1. The summed E-state index contributed by atoms with van der Waals surface area (Å²) in [5, 5.41) is 3.45. The average molecular weight is 288 g/mol. The molecule has 0 aliphatic carbocycles. The summed E-state index contributed by atoms with van der Waals surface area (Å²) in [5.41, 5.74) is 1.87. The normalized spacial score (nSPS) is 12.1. The number of nitrogens with zero attached hydrogens (tertiary/aromatic N) is 1. The lowest BCUT2D eigenvalue weighted by Gasteiger charge is -2.19. The molecule has 1 aromatic heterocycles. The average Bonchev–Trinajstić information content (AvgIpc) is 2.50. The van der Waals surface area contributed by atoms with Gasteiger partial charge in [0, 0.05) is 0 Å². The van der Waals surface area contributed by atoms with Crippen LogP contribution in [0.1, 0.15) is 37.6 Å². The predicted molar refractivity (Wildman–Crippen MR) is 81.9 cm³/mol. The lowest BCUT2D eigenvalue weighted by atomic mass is 10.0. The predicted octanol–water partition coefficient (Wildman–Crippen LogP) is 3.71. The number of nitrogens with one attached hydrogen (secondary N) is 1. The first-order valence-electron chi connectivity index (χ1n) is 7.32. The molecule has 0 bridgehead atoms. The van der Waals surface area contributed by atoms with Crippen molar-refractivity contribution in [2.24, 2.45) is 0 Å². The van der Waals surface area contributed by atoms with Gasteiger partial charge in [0.05, 0.1) is 24.5 Å². The molecule has 2 aromatic rings. The van der Waals surface area contributed by atoms with E-state index < -0.39 is 0 Å². The number of pyridine rings is 1. The van der Waals surface area contributed by atoms with Crippen LogP contribution >= 0.6 is 0 Å². The molecule has 21 heavy (non-hydrogen) atoms. The zero-order chi connectivity index (χ0) is 15.1. The topological polar surface area (TPSA) is 34.1 Å². The maximum absolute atomic E-state index is 13.1. The van der Waals surface area contributed by atoms with E-state index in [-0.39, 0.29) is 11.9 Å². The molecule has 1 heterocycles. The summed E-state index contributed by atoms with van der Waals surface area (Å²) in [6.45, 7) is 5.56. The Morgan fingerprint density at radius 2 is 2.10 bits per heavy atom. The lowest BCUT2D eigenvalue weighted by Crippen LogP contribution is -2.24. The van der Waals surface area contributed by atoms with Crippen LogP contribution in [0.3, 0.4) is 0 Å². The molecule has 0 fully saturated rings. The van der Waals surface area contributed by atoms with E-state index in [1.165, 1.54) is 12.3 Å². The second-order valence-corrected chi connectivity index (χ2v) is 4.79. The van der Waals surface area contributed by atoms with Crippen molar-refractivity contribution < 1.29 is 9.13 Å². The Morgan fingerprint density at radius 1 is 1.24 bits per heavy atom.